The van der Waals surface area contributed by atoms with Crippen LogP contribution in [0.3, 0.4) is 0 Å². The van der Waals surface area contributed by atoms with Crippen molar-refractivity contribution in [3.05, 3.63) is 47.2 Å². The summed E-state index contributed by atoms with van der Waals surface area (Å²) in [6, 6.07) is 10.2. The van der Waals surface area contributed by atoms with Crippen LogP contribution >= 0.6 is 23.1 Å². The molecule has 0 unspecified atom stereocenters. The van der Waals surface area contributed by atoms with Gasteiger partial charge in [-0.25, -0.2) is 4.98 Å². The van der Waals surface area contributed by atoms with E-state index in [1.54, 1.807) is 23.1 Å². The molecule has 29 heavy (non-hydrogen) atoms. The number of thioether (sulfide) groups is 1. The number of thiazole rings is 1. The first kappa shape index (κ1) is 20.1. The third kappa shape index (κ3) is 5.23. The number of nitrogens with two attached hydrogens (primary N) is 1. The number of aromatic nitrogens is 4. The Balaban J connectivity index is 1.46. The van der Waals surface area contributed by atoms with Crippen molar-refractivity contribution in [2.75, 3.05) is 6.61 Å². The van der Waals surface area contributed by atoms with Gasteiger partial charge in [0.05, 0.1) is 18.3 Å². The van der Waals surface area contributed by atoms with Gasteiger partial charge in [0.15, 0.2) is 5.16 Å². The molecule has 0 aliphatic carbocycles. The lowest BCUT2D eigenvalue weighted by Gasteiger charge is -2.14. The SMILES string of the molecule is NC(=O)CCc1nnc(SCc2csc(-c3ccccc3)n2)n1C[C@H]1CCCO1. The molecule has 1 aromatic carbocycles. The van der Waals surface area contributed by atoms with Gasteiger partial charge < -0.3 is 15.0 Å². The highest BCUT2D eigenvalue weighted by molar-refractivity contribution is 7.98. The Hall–Kier alpha value is -2.23. The molecule has 9 heteroatoms. The Morgan fingerprint density at radius 2 is 2.17 bits per heavy atom. The number of nitrogens with zero attached hydrogens (tertiary/aromatic N) is 4. The lowest BCUT2D eigenvalue weighted by atomic mass is 10.2. The first-order valence-electron chi connectivity index (χ1n) is 9.63. The minimum atomic E-state index is -0.332. The molecule has 1 fully saturated rings. The summed E-state index contributed by atoms with van der Waals surface area (Å²) in [5, 5.41) is 12.6. The fraction of sp³-hybridized carbons (Fsp3) is 0.400. The van der Waals surface area contributed by atoms with Crippen LogP contribution in [0.5, 0.6) is 0 Å². The second-order valence-corrected chi connectivity index (χ2v) is 8.71. The molecule has 2 aromatic heterocycles. The van der Waals surface area contributed by atoms with Crippen LogP contribution in [0.4, 0.5) is 0 Å². The second kappa shape index (κ2) is 9.51. The molecule has 152 valence electrons. The molecule has 1 atom stereocenters. The Bertz CT molecular complexity index is 951. The van der Waals surface area contributed by atoms with E-state index in [0.29, 0.717) is 18.7 Å². The maximum absolute atomic E-state index is 11.2. The Morgan fingerprint density at radius 3 is 2.93 bits per heavy atom. The molecule has 0 spiro atoms. The molecule has 0 bridgehead atoms. The van der Waals surface area contributed by atoms with Crippen LogP contribution in [0.15, 0.2) is 40.9 Å². The minimum Gasteiger partial charge on any atom is -0.376 e. The largest absolute Gasteiger partial charge is 0.376 e. The zero-order chi connectivity index (χ0) is 20.1. The molecule has 1 aliphatic heterocycles. The standard InChI is InChI=1S/C20H23N5O2S2/c21-17(26)8-9-18-23-24-20(25(18)11-16-7-4-10-27-16)29-13-15-12-28-19(22-15)14-5-2-1-3-6-14/h1-3,5-6,12,16H,4,7-11,13H2,(H2,21,26)/t16-/m1/s1. The summed E-state index contributed by atoms with van der Waals surface area (Å²) in [5.41, 5.74) is 7.46. The van der Waals surface area contributed by atoms with Crippen molar-refractivity contribution in [1.82, 2.24) is 19.7 Å². The lowest BCUT2D eigenvalue weighted by molar-refractivity contribution is -0.118. The quantitative estimate of drug-likeness (QED) is 0.524. The summed E-state index contributed by atoms with van der Waals surface area (Å²) in [7, 11) is 0. The summed E-state index contributed by atoms with van der Waals surface area (Å²) in [5.74, 6) is 1.16. The highest BCUT2D eigenvalue weighted by atomic mass is 32.2. The van der Waals surface area contributed by atoms with Crippen LogP contribution in [0.2, 0.25) is 0 Å². The molecule has 4 rings (SSSR count). The Kier molecular flexibility index (Phi) is 6.58. The highest BCUT2D eigenvalue weighted by Crippen LogP contribution is 2.28. The molecule has 1 amide bonds. The third-order valence-corrected chi connectivity index (χ3v) is 6.66. The minimum absolute atomic E-state index is 0.168. The summed E-state index contributed by atoms with van der Waals surface area (Å²) in [6.07, 6.45) is 3.03. The van der Waals surface area contributed by atoms with Gasteiger partial charge >= 0.3 is 0 Å². The van der Waals surface area contributed by atoms with Crippen LogP contribution in [-0.2, 0) is 28.2 Å². The van der Waals surface area contributed by atoms with Crippen LogP contribution < -0.4 is 5.73 Å². The molecule has 2 N–H and O–H groups in total. The van der Waals surface area contributed by atoms with Crippen molar-refractivity contribution in [3.8, 4) is 10.6 Å². The number of hydrogen-bond donors (Lipinski definition) is 1. The number of aryl methyl sites for hydroxylation is 1. The van der Waals surface area contributed by atoms with E-state index < -0.39 is 0 Å². The predicted molar refractivity (Wildman–Crippen MR) is 114 cm³/mol. The predicted octanol–water partition coefficient (Wildman–Crippen LogP) is 3.29. The van der Waals surface area contributed by atoms with Gasteiger partial charge in [-0.2, -0.15) is 0 Å². The molecular formula is C20H23N5O2S2. The summed E-state index contributed by atoms with van der Waals surface area (Å²) in [6.45, 7) is 1.50. The van der Waals surface area contributed by atoms with Crippen molar-refractivity contribution in [1.29, 1.82) is 0 Å². The van der Waals surface area contributed by atoms with Crippen LogP contribution in [0, 0.1) is 0 Å². The Morgan fingerprint density at radius 1 is 1.31 bits per heavy atom. The van der Waals surface area contributed by atoms with Gasteiger partial charge in [0, 0.05) is 36.1 Å². The molecule has 0 radical (unpaired) electrons. The van der Waals surface area contributed by atoms with Crippen molar-refractivity contribution in [2.45, 2.75) is 49.2 Å². The molecule has 1 saturated heterocycles. The van der Waals surface area contributed by atoms with E-state index in [1.807, 2.05) is 18.2 Å². The van der Waals surface area contributed by atoms with Gasteiger partial charge in [-0.1, -0.05) is 42.1 Å². The Labute approximate surface area is 177 Å². The first-order chi connectivity index (χ1) is 14.2. The second-order valence-electron chi connectivity index (χ2n) is 6.91. The maximum Gasteiger partial charge on any atom is 0.217 e. The smallest absolute Gasteiger partial charge is 0.217 e. The van der Waals surface area contributed by atoms with E-state index in [-0.39, 0.29) is 18.4 Å². The number of ether oxygens (including phenoxy) is 1. The molecule has 0 saturated carbocycles. The van der Waals surface area contributed by atoms with E-state index in [9.17, 15) is 4.79 Å². The number of benzene rings is 1. The molecule has 3 aromatic rings. The first-order valence-corrected chi connectivity index (χ1v) is 11.5. The summed E-state index contributed by atoms with van der Waals surface area (Å²) < 4.78 is 7.87. The monoisotopic (exact) mass is 429 g/mol. The van der Waals surface area contributed by atoms with E-state index in [4.69, 9.17) is 15.5 Å². The van der Waals surface area contributed by atoms with E-state index in [1.165, 1.54) is 0 Å². The zero-order valence-corrected chi connectivity index (χ0v) is 17.6. The highest BCUT2D eigenvalue weighted by Gasteiger charge is 2.21. The van der Waals surface area contributed by atoms with Gasteiger partial charge in [0.2, 0.25) is 5.91 Å². The lowest BCUT2D eigenvalue weighted by Crippen LogP contribution is -2.19. The van der Waals surface area contributed by atoms with Gasteiger partial charge in [-0.05, 0) is 12.8 Å². The fourth-order valence-electron chi connectivity index (χ4n) is 3.25. The number of rotatable bonds is 9. The normalized spacial score (nSPS) is 16.3. The fourth-order valence-corrected chi connectivity index (χ4v) is 5.04. The van der Waals surface area contributed by atoms with Crippen molar-refractivity contribution in [2.24, 2.45) is 5.73 Å². The number of primary amides is 1. The topological polar surface area (TPSA) is 95.9 Å². The number of carbonyl (C=O) groups is 1. The van der Waals surface area contributed by atoms with Crippen molar-refractivity contribution >= 4 is 29.0 Å². The van der Waals surface area contributed by atoms with Gasteiger partial charge in [0.1, 0.15) is 10.8 Å². The number of hydrogen-bond acceptors (Lipinski definition) is 7. The van der Waals surface area contributed by atoms with Gasteiger partial charge in [-0.3, -0.25) is 4.79 Å². The number of carbonyl (C=O) groups excluding carboxylic acids is 1. The molecular weight excluding hydrogens is 406 g/mol. The zero-order valence-electron chi connectivity index (χ0n) is 16.0. The molecule has 7 nitrogen and oxygen atoms in total. The summed E-state index contributed by atoms with van der Waals surface area (Å²) >= 11 is 3.25. The van der Waals surface area contributed by atoms with Crippen LogP contribution in [0.1, 0.15) is 30.8 Å². The van der Waals surface area contributed by atoms with Crippen LogP contribution in [0.25, 0.3) is 10.6 Å². The molecule has 1 aliphatic rings. The van der Waals surface area contributed by atoms with E-state index in [0.717, 1.165) is 46.7 Å². The third-order valence-electron chi connectivity index (χ3n) is 4.72. The van der Waals surface area contributed by atoms with Crippen molar-refractivity contribution in [3.63, 3.8) is 0 Å². The van der Waals surface area contributed by atoms with Crippen LogP contribution in [-0.4, -0.2) is 38.4 Å². The average molecular weight is 430 g/mol. The maximum atomic E-state index is 11.2. The van der Waals surface area contributed by atoms with E-state index >= 15 is 0 Å². The molecule has 3 heterocycles. The summed E-state index contributed by atoms with van der Waals surface area (Å²) in [4.78, 5) is 15.9. The van der Waals surface area contributed by atoms with Gasteiger partial charge in [-0.15, -0.1) is 21.5 Å². The van der Waals surface area contributed by atoms with E-state index in [2.05, 4.69) is 32.3 Å². The average Bonchev–Trinajstić information content (AvgIpc) is 3.48. The van der Waals surface area contributed by atoms with Gasteiger partial charge in [0.25, 0.3) is 0 Å². The van der Waals surface area contributed by atoms with Crippen molar-refractivity contribution < 1.29 is 9.53 Å². The number of amides is 1.